The zero-order valence-electron chi connectivity index (χ0n) is 39.3. The number of unbranched alkanes of at least 4 members (excludes halogenated alkanes) is 29. The SMILES string of the molecule is CC/C=C\C/C=C\C/C=C\CCCCCCCCCC(=O)OCC(COC(=O)CCCCCCCCCCCCCC)OC(=O)CCCCCCCCCCCCCC. The molecule has 0 aromatic carbocycles. The van der Waals surface area contributed by atoms with Gasteiger partial charge < -0.3 is 14.2 Å². The quantitative estimate of drug-likeness (QED) is 0.0263. The molecular formula is C53H96O6. The van der Waals surface area contributed by atoms with Crippen molar-refractivity contribution < 1.29 is 28.6 Å². The highest BCUT2D eigenvalue weighted by atomic mass is 16.6. The van der Waals surface area contributed by atoms with Gasteiger partial charge in [0.15, 0.2) is 6.10 Å². The van der Waals surface area contributed by atoms with E-state index in [9.17, 15) is 14.4 Å². The van der Waals surface area contributed by atoms with Crippen molar-refractivity contribution in [3.05, 3.63) is 36.5 Å². The Hall–Kier alpha value is -2.37. The fourth-order valence-electron chi connectivity index (χ4n) is 7.34. The molecule has 6 heteroatoms. The van der Waals surface area contributed by atoms with Crippen molar-refractivity contribution in [1.82, 2.24) is 0 Å². The van der Waals surface area contributed by atoms with Crippen molar-refractivity contribution in [2.24, 2.45) is 0 Å². The summed E-state index contributed by atoms with van der Waals surface area (Å²) in [5, 5.41) is 0. The van der Waals surface area contributed by atoms with Crippen LogP contribution in [0.1, 0.15) is 265 Å². The van der Waals surface area contributed by atoms with Crippen LogP contribution in [-0.4, -0.2) is 37.2 Å². The van der Waals surface area contributed by atoms with Gasteiger partial charge >= 0.3 is 17.9 Å². The number of hydrogen-bond acceptors (Lipinski definition) is 6. The summed E-state index contributed by atoms with van der Waals surface area (Å²) in [7, 11) is 0. The largest absolute Gasteiger partial charge is 0.462 e. The van der Waals surface area contributed by atoms with Gasteiger partial charge in [-0.05, 0) is 51.4 Å². The first-order chi connectivity index (χ1) is 29.0. The van der Waals surface area contributed by atoms with Gasteiger partial charge in [0.25, 0.3) is 0 Å². The second-order valence-electron chi connectivity index (χ2n) is 17.1. The Morgan fingerprint density at radius 3 is 1.03 bits per heavy atom. The van der Waals surface area contributed by atoms with E-state index < -0.39 is 6.10 Å². The summed E-state index contributed by atoms with van der Waals surface area (Å²) in [5.74, 6) is -0.871. The van der Waals surface area contributed by atoms with Crippen molar-refractivity contribution in [2.45, 2.75) is 271 Å². The Morgan fingerprint density at radius 2 is 0.661 bits per heavy atom. The number of ether oxygens (including phenoxy) is 3. The molecule has 0 aromatic heterocycles. The first kappa shape index (κ1) is 56.6. The summed E-state index contributed by atoms with van der Waals surface area (Å²) >= 11 is 0. The average molecular weight is 829 g/mol. The molecule has 6 nitrogen and oxygen atoms in total. The Morgan fingerprint density at radius 1 is 0.356 bits per heavy atom. The maximum Gasteiger partial charge on any atom is 0.306 e. The van der Waals surface area contributed by atoms with E-state index in [1.54, 1.807) is 0 Å². The van der Waals surface area contributed by atoms with Crippen LogP contribution >= 0.6 is 0 Å². The number of carbonyl (C=O) groups excluding carboxylic acids is 3. The first-order valence-corrected chi connectivity index (χ1v) is 25.5. The van der Waals surface area contributed by atoms with Crippen LogP contribution in [0.3, 0.4) is 0 Å². The smallest absolute Gasteiger partial charge is 0.306 e. The van der Waals surface area contributed by atoms with Gasteiger partial charge in [-0.25, -0.2) is 0 Å². The van der Waals surface area contributed by atoms with Gasteiger partial charge in [0.1, 0.15) is 13.2 Å². The average Bonchev–Trinajstić information content (AvgIpc) is 3.23. The minimum atomic E-state index is -0.769. The molecule has 0 N–H and O–H groups in total. The van der Waals surface area contributed by atoms with Gasteiger partial charge in [-0.1, -0.05) is 231 Å². The van der Waals surface area contributed by atoms with E-state index in [2.05, 4.69) is 57.2 Å². The lowest BCUT2D eigenvalue weighted by atomic mass is 10.0. The van der Waals surface area contributed by atoms with E-state index in [1.165, 1.54) is 141 Å². The van der Waals surface area contributed by atoms with Crippen molar-refractivity contribution in [3.63, 3.8) is 0 Å². The molecule has 59 heavy (non-hydrogen) atoms. The van der Waals surface area contributed by atoms with Gasteiger partial charge in [0, 0.05) is 19.3 Å². The van der Waals surface area contributed by atoms with Crippen LogP contribution in [-0.2, 0) is 28.6 Å². The third-order valence-electron chi connectivity index (χ3n) is 11.2. The Labute approximate surface area is 365 Å². The summed E-state index contributed by atoms with van der Waals surface area (Å²) in [6.07, 6.45) is 55.5. The van der Waals surface area contributed by atoms with E-state index in [0.717, 1.165) is 83.5 Å². The molecule has 0 saturated heterocycles. The molecule has 0 heterocycles. The molecule has 0 amide bonds. The molecule has 0 bridgehead atoms. The van der Waals surface area contributed by atoms with Crippen LogP contribution in [0, 0.1) is 0 Å². The fraction of sp³-hybridized carbons (Fsp3) is 0.830. The maximum atomic E-state index is 12.8. The summed E-state index contributed by atoms with van der Waals surface area (Å²) < 4.78 is 16.8. The third-order valence-corrected chi connectivity index (χ3v) is 11.2. The molecule has 0 aliphatic rings. The van der Waals surface area contributed by atoms with E-state index >= 15 is 0 Å². The van der Waals surface area contributed by atoms with Crippen LogP contribution in [0.4, 0.5) is 0 Å². The molecule has 0 spiro atoms. The third kappa shape index (κ3) is 46.5. The number of carbonyl (C=O) groups is 3. The summed E-state index contributed by atoms with van der Waals surface area (Å²) in [5.41, 5.74) is 0. The predicted octanol–water partition coefficient (Wildman–Crippen LogP) is 16.5. The highest BCUT2D eigenvalue weighted by Gasteiger charge is 2.19. The van der Waals surface area contributed by atoms with E-state index in [1.807, 2.05) is 0 Å². The van der Waals surface area contributed by atoms with E-state index in [0.29, 0.717) is 19.3 Å². The molecule has 0 aromatic rings. The molecule has 0 radical (unpaired) electrons. The first-order valence-electron chi connectivity index (χ1n) is 25.5. The summed E-state index contributed by atoms with van der Waals surface area (Å²) in [6, 6.07) is 0. The highest BCUT2D eigenvalue weighted by molar-refractivity contribution is 5.71. The molecule has 1 atom stereocenters. The minimum absolute atomic E-state index is 0.0711. The molecule has 344 valence electrons. The standard InChI is InChI=1S/C53H96O6/c1-4-7-10-13-16-19-22-25-26-27-28-29-32-34-37-40-43-46-52(55)58-49-50(59-53(56)47-44-41-38-35-31-24-21-18-15-12-9-6-3)48-57-51(54)45-42-39-36-33-30-23-20-17-14-11-8-5-2/h7,10,16,19,25-26,50H,4-6,8-9,11-15,17-18,20-24,27-49H2,1-3H3/b10-7-,19-16-,26-25-. The van der Waals surface area contributed by atoms with Gasteiger partial charge in [0.2, 0.25) is 0 Å². The van der Waals surface area contributed by atoms with E-state index in [4.69, 9.17) is 14.2 Å². The molecule has 0 fully saturated rings. The minimum Gasteiger partial charge on any atom is -0.462 e. The number of hydrogen-bond donors (Lipinski definition) is 0. The van der Waals surface area contributed by atoms with Crippen molar-refractivity contribution in [3.8, 4) is 0 Å². The lowest BCUT2D eigenvalue weighted by Crippen LogP contribution is -2.30. The maximum absolute atomic E-state index is 12.8. The monoisotopic (exact) mass is 829 g/mol. The van der Waals surface area contributed by atoms with Crippen molar-refractivity contribution in [1.29, 1.82) is 0 Å². The summed E-state index contributed by atoms with van der Waals surface area (Å²) in [6.45, 7) is 6.53. The second kappa shape index (κ2) is 48.3. The van der Waals surface area contributed by atoms with Crippen LogP contribution in [0.5, 0.6) is 0 Å². The molecule has 0 rings (SSSR count). The van der Waals surface area contributed by atoms with Gasteiger partial charge in [-0.2, -0.15) is 0 Å². The van der Waals surface area contributed by atoms with E-state index in [-0.39, 0.29) is 31.1 Å². The molecule has 0 aliphatic carbocycles. The second-order valence-corrected chi connectivity index (χ2v) is 17.1. The van der Waals surface area contributed by atoms with Gasteiger partial charge in [-0.3, -0.25) is 14.4 Å². The van der Waals surface area contributed by atoms with Crippen LogP contribution in [0.2, 0.25) is 0 Å². The topological polar surface area (TPSA) is 78.9 Å². The Kier molecular flexibility index (Phi) is 46.4. The van der Waals surface area contributed by atoms with Crippen LogP contribution < -0.4 is 0 Å². The number of esters is 3. The lowest BCUT2D eigenvalue weighted by Gasteiger charge is -2.18. The molecule has 1 unspecified atom stereocenters. The number of allylic oxidation sites excluding steroid dienone is 6. The predicted molar refractivity (Wildman–Crippen MR) is 252 cm³/mol. The molecular weight excluding hydrogens is 733 g/mol. The lowest BCUT2D eigenvalue weighted by molar-refractivity contribution is -0.167. The summed E-state index contributed by atoms with van der Waals surface area (Å²) in [4.78, 5) is 37.9. The molecule has 0 aliphatic heterocycles. The van der Waals surface area contributed by atoms with Crippen molar-refractivity contribution in [2.75, 3.05) is 13.2 Å². The molecule has 0 saturated carbocycles. The fourth-order valence-corrected chi connectivity index (χ4v) is 7.34. The Bertz CT molecular complexity index is 1000. The van der Waals surface area contributed by atoms with Gasteiger partial charge in [-0.15, -0.1) is 0 Å². The van der Waals surface area contributed by atoms with Gasteiger partial charge in [0.05, 0.1) is 0 Å². The highest BCUT2D eigenvalue weighted by Crippen LogP contribution is 2.16. The normalized spacial score (nSPS) is 12.3. The number of rotatable bonds is 46. The van der Waals surface area contributed by atoms with Crippen LogP contribution in [0.15, 0.2) is 36.5 Å². The van der Waals surface area contributed by atoms with Crippen molar-refractivity contribution >= 4 is 17.9 Å². The zero-order chi connectivity index (χ0) is 43.0. The van der Waals surface area contributed by atoms with Crippen LogP contribution in [0.25, 0.3) is 0 Å². The Balaban J connectivity index is 4.34. The zero-order valence-corrected chi connectivity index (χ0v) is 39.3.